The molecule has 0 atom stereocenters. The van der Waals surface area contributed by atoms with E-state index in [9.17, 15) is 4.79 Å². The normalized spacial score (nSPS) is 10.5. The first-order valence-electron chi connectivity index (χ1n) is 6.75. The third kappa shape index (κ3) is 4.23. The predicted molar refractivity (Wildman–Crippen MR) is 81.0 cm³/mol. The average Bonchev–Trinajstić information content (AvgIpc) is 2.88. The molecule has 0 saturated carbocycles. The Kier molecular flexibility index (Phi) is 5.41. The molecule has 0 bridgehead atoms. The Bertz CT molecular complexity index is 557. The largest absolute Gasteiger partial charge is 0.442 e. The quantitative estimate of drug-likeness (QED) is 0.423. The molecule has 0 unspecified atom stereocenters. The van der Waals surface area contributed by atoms with Crippen molar-refractivity contribution < 1.29 is 13.9 Å². The SMILES string of the molecule is CCCCCc1ccc(OC(=O)c2ccc(Br)o2)cc1. The third-order valence-electron chi connectivity index (χ3n) is 2.98. The molecule has 2 aromatic rings. The number of esters is 1. The molecule has 106 valence electrons. The van der Waals surface area contributed by atoms with Crippen LogP contribution in [0.2, 0.25) is 0 Å². The van der Waals surface area contributed by atoms with Crippen LogP contribution in [0.3, 0.4) is 0 Å². The molecule has 0 aliphatic rings. The monoisotopic (exact) mass is 336 g/mol. The number of hydrogen-bond acceptors (Lipinski definition) is 3. The van der Waals surface area contributed by atoms with Crippen molar-refractivity contribution in [3.05, 3.63) is 52.4 Å². The van der Waals surface area contributed by atoms with E-state index in [1.54, 1.807) is 12.1 Å². The van der Waals surface area contributed by atoms with E-state index in [-0.39, 0.29) is 5.76 Å². The zero-order valence-corrected chi connectivity index (χ0v) is 13.0. The molecule has 0 radical (unpaired) electrons. The number of carbonyl (C=O) groups excluding carboxylic acids is 1. The van der Waals surface area contributed by atoms with Crippen LogP contribution in [-0.2, 0) is 6.42 Å². The second kappa shape index (κ2) is 7.29. The van der Waals surface area contributed by atoms with Gasteiger partial charge in [0.05, 0.1) is 0 Å². The Morgan fingerprint density at radius 1 is 1.15 bits per heavy atom. The number of aryl methyl sites for hydroxylation is 1. The van der Waals surface area contributed by atoms with Crippen LogP contribution in [0.5, 0.6) is 5.75 Å². The van der Waals surface area contributed by atoms with Gasteiger partial charge in [0, 0.05) is 0 Å². The number of carbonyl (C=O) groups is 1. The maximum absolute atomic E-state index is 11.8. The van der Waals surface area contributed by atoms with Crippen molar-refractivity contribution >= 4 is 21.9 Å². The van der Waals surface area contributed by atoms with E-state index in [0.29, 0.717) is 10.4 Å². The van der Waals surface area contributed by atoms with E-state index in [1.165, 1.54) is 24.8 Å². The lowest BCUT2D eigenvalue weighted by Crippen LogP contribution is -2.07. The molecule has 20 heavy (non-hydrogen) atoms. The van der Waals surface area contributed by atoms with Gasteiger partial charge in [-0.2, -0.15) is 0 Å². The highest BCUT2D eigenvalue weighted by Crippen LogP contribution is 2.18. The summed E-state index contributed by atoms with van der Waals surface area (Å²) in [5.41, 5.74) is 1.26. The minimum atomic E-state index is -0.491. The number of rotatable bonds is 6. The molecule has 0 N–H and O–H groups in total. The Morgan fingerprint density at radius 2 is 1.90 bits per heavy atom. The van der Waals surface area contributed by atoms with Gasteiger partial charge in [0.2, 0.25) is 5.76 Å². The fourth-order valence-corrected chi connectivity index (χ4v) is 2.19. The van der Waals surface area contributed by atoms with Gasteiger partial charge in [0.15, 0.2) is 4.67 Å². The van der Waals surface area contributed by atoms with Gasteiger partial charge in [-0.05, 0) is 58.6 Å². The minimum Gasteiger partial charge on any atom is -0.442 e. The average molecular weight is 337 g/mol. The van der Waals surface area contributed by atoms with E-state index in [4.69, 9.17) is 9.15 Å². The van der Waals surface area contributed by atoms with Crippen molar-refractivity contribution in [2.24, 2.45) is 0 Å². The molecule has 0 amide bonds. The lowest BCUT2D eigenvalue weighted by molar-refractivity contribution is 0.0700. The van der Waals surface area contributed by atoms with Crippen molar-refractivity contribution in [3.63, 3.8) is 0 Å². The third-order valence-corrected chi connectivity index (χ3v) is 3.40. The van der Waals surface area contributed by atoms with E-state index in [1.807, 2.05) is 24.3 Å². The van der Waals surface area contributed by atoms with E-state index in [0.717, 1.165) is 6.42 Å². The minimum absolute atomic E-state index is 0.184. The number of ether oxygens (including phenoxy) is 1. The smallest absolute Gasteiger partial charge is 0.379 e. The fourth-order valence-electron chi connectivity index (χ4n) is 1.88. The lowest BCUT2D eigenvalue weighted by atomic mass is 10.1. The van der Waals surface area contributed by atoms with Gasteiger partial charge in [0.1, 0.15) is 5.75 Å². The van der Waals surface area contributed by atoms with Crippen molar-refractivity contribution in [2.45, 2.75) is 32.6 Å². The van der Waals surface area contributed by atoms with Crippen molar-refractivity contribution in [2.75, 3.05) is 0 Å². The summed E-state index contributed by atoms with van der Waals surface area (Å²) in [6.07, 6.45) is 4.71. The Balaban J connectivity index is 1.91. The van der Waals surface area contributed by atoms with Gasteiger partial charge in [-0.3, -0.25) is 0 Å². The van der Waals surface area contributed by atoms with Gasteiger partial charge >= 0.3 is 5.97 Å². The van der Waals surface area contributed by atoms with Crippen LogP contribution in [0, 0.1) is 0 Å². The molecule has 2 rings (SSSR count). The first-order valence-corrected chi connectivity index (χ1v) is 7.55. The maximum atomic E-state index is 11.8. The van der Waals surface area contributed by atoms with Gasteiger partial charge in [0.25, 0.3) is 0 Å². The predicted octanol–water partition coefficient (Wildman–Crippen LogP) is 4.99. The molecule has 3 nitrogen and oxygen atoms in total. The van der Waals surface area contributed by atoms with Crippen molar-refractivity contribution in [3.8, 4) is 5.75 Å². The van der Waals surface area contributed by atoms with E-state index in [2.05, 4.69) is 22.9 Å². The molecule has 1 heterocycles. The van der Waals surface area contributed by atoms with Crippen LogP contribution >= 0.6 is 15.9 Å². The van der Waals surface area contributed by atoms with Crippen molar-refractivity contribution in [1.29, 1.82) is 0 Å². The number of benzene rings is 1. The molecule has 0 spiro atoms. The highest BCUT2D eigenvalue weighted by Gasteiger charge is 2.12. The fraction of sp³-hybridized carbons (Fsp3) is 0.312. The van der Waals surface area contributed by atoms with Crippen LogP contribution in [0.15, 0.2) is 45.5 Å². The maximum Gasteiger partial charge on any atom is 0.379 e. The zero-order valence-electron chi connectivity index (χ0n) is 11.4. The summed E-state index contributed by atoms with van der Waals surface area (Å²) in [5.74, 6) is 0.222. The van der Waals surface area contributed by atoms with Crippen molar-refractivity contribution in [1.82, 2.24) is 0 Å². The van der Waals surface area contributed by atoms with Crippen LogP contribution < -0.4 is 4.74 Å². The van der Waals surface area contributed by atoms with Crippen LogP contribution in [0.4, 0.5) is 0 Å². The Labute approximate surface area is 127 Å². The second-order valence-corrected chi connectivity index (χ2v) is 5.38. The molecule has 1 aromatic carbocycles. The summed E-state index contributed by atoms with van der Waals surface area (Å²) in [4.78, 5) is 11.8. The molecule has 0 saturated heterocycles. The molecular formula is C16H17BrO3. The zero-order chi connectivity index (χ0) is 14.4. The number of hydrogen-bond donors (Lipinski definition) is 0. The van der Waals surface area contributed by atoms with E-state index >= 15 is 0 Å². The molecule has 4 heteroatoms. The number of unbranched alkanes of at least 4 members (excludes halogenated alkanes) is 2. The number of furan rings is 1. The van der Waals surface area contributed by atoms with Gasteiger partial charge in [-0.1, -0.05) is 31.9 Å². The second-order valence-electron chi connectivity index (χ2n) is 4.59. The van der Waals surface area contributed by atoms with Gasteiger partial charge < -0.3 is 9.15 Å². The molecule has 0 fully saturated rings. The molecule has 0 aliphatic heterocycles. The highest BCUT2D eigenvalue weighted by atomic mass is 79.9. The highest BCUT2D eigenvalue weighted by molar-refractivity contribution is 9.10. The van der Waals surface area contributed by atoms with Crippen LogP contribution in [0.25, 0.3) is 0 Å². The summed E-state index contributed by atoms with van der Waals surface area (Å²) in [6, 6.07) is 10.9. The van der Waals surface area contributed by atoms with Gasteiger partial charge in [-0.15, -0.1) is 0 Å². The number of halogens is 1. The van der Waals surface area contributed by atoms with E-state index < -0.39 is 5.97 Å². The molecule has 0 aliphatic carbocycles. The Morgan fingerprint density at radius 3 is 2.50 bits per heavy atom. The summed E-state index contributed by atoms with van der Waals surface area (Å²) < 4.78 is 10.9. The topological polar surface area (TPSA) is 39.4 Å². The summed E-state index contributed by atoms with van der Waals surface area (Å²) >= 11 is 3.15. The summed E-state index contributed by atoms with van der Waals surface area (Å²) in [5, 5.41) is 0. The first kappa shape index (κ1) is 14.9. The molecular weight excluding hydrogens is 320 g/mol. The van der Waals surface area contributed by atoms with Crippen LogP contribution in [0.1, 0.15) is 42.3 Å². The summed E-state index contributed by atoms with van der Waals surface area (Å²) in [7, 11) is 0. The summed E-state index contributed by atoms with van der Waals surface area (Å²) in [6.45, 7) is 2.19. The lowest BCUT2D eigenvalue weighted by Gasteiger charge is -2.04. The van der Waals surface area contributed by atoms with Crippen LogP contribution in [-0.4, -0.2) is 5.97 Å². The standard InChI is InChI=1S/C16H17BrO3/c1-2-3-4-5-12-6-8-13(9-7-12)19-16(18)14-10-11-15(17)20-14/h6-11H,2-5H2,1H3. The van der Waals surface area contributed by atoms with Gasteiger partial charge in [-0.25, -0.2) is 4.79 Å². The first-order chi connectivity index (χ1) is 9.69. The molecule has 1 aromatic heterocycles. The Hall–Kier alpha value is -1.55.